The molecule has 0 amide bonds. The van der Waals surface area contributed by atoms with E-state index in [-0.39, 0.29) is 6.04 Å². The van der Waals surface area contributed by atoms with Gasteiger partial charge in [0.2, 0.25) is 0 Å². The van der Waals surface area contributed by atoms with Crippen molar-refractivity contribution in [1.29, 1.82) is 5.26 Å². The maximum atomic E-state index is 8.91. The van der Waals surface area contributed by atoms with Crippen LogP contribution in [0.1, 0.15) is 24.5 Å². The van der Waals surface area contributed by atoms with Gasteiger partial charge in [-0.05, 0) is 49.6 Å². The van der Waals surface area contributed by atoms with Crippen molar-refractivity contribution in [1.82, 2.24) is 5.32 Å². The zero-order valence-electron chi connectivity index (χ0n) is 12.1. The van der Waals surface area contributed by atoms with Crippen molar-refractivity contribution < 1.29 is 0 Å². The molecule has 2 unspecified atom stereocenters. The lowest BCUT2D eigenvalue weighted by Gasteiger charge is -2.27. The number of benzene rings is 1. The van der Waals surface area contributed by atoms with Crippen LogP contribution < -0.4 is 10.2 Å². The normalized spacial score (nSPS) is 23.8. The predicted molar refractivity (Wildman–Crippen MR) is 79.3 cm³/mol. The highest BCUT2D eigenvalue weighted by atomic mass is 15.2. The number of anilines is 1. The summed E-state index contributed by atoms with van der Waals surface area (Å²) in [5, 5.41) is 12.4. The highest BCUT2D eigenvalue weighted by Crippen LogP contribution is 2.21. The van der Waals surface area contributed by atoms with Crippen LogP contribution in [-0.4, -0.2) is 25.7 Å². The minimum absolute atomic E-state index is 0.275. The second kappa shape index (κ2) is 6.08. The fraction of sp³-hybridized carbons (Fsp3) is 0.562. The van der Waals surface area contributed by atoms with Gasteiger partial charge >= 0.3 is 0 Å². The molecule has 1 heterocycles. The average molecular weight is 257 g/mol. The average Bonchev–Trinajstić information content (AvgIpc) is 2.56. The van der Waals surface area contributed by atoms with Crippen LogP contribution in [0.2, 0.25) is 0 Å². The number of nitriles is 1. The highest BCUT2D eigenvalue weighted by Gasteiger charge is 2.21. The molecule has 0 spiro atoms. The molecule has 3 heteroatoms. The Bertz CT molecular complexity index is 475. The highest BCUT2D eigenvalue weighted by molar-refractivity contribution is 5.51. The zero-order chi connectivity index (χ0) is 13.8. The van der Waals surface area contributed by atoms with Crippen molar-refractivity contribution in [2.24, 2.45) is 5.92 Å². The number of nitrogens with zero attached hydrogens (tertiary/aromatic N) is 2. The first-order chi connectivity index (χ1) is 9.10. The fourth-order valence-corrected chi connectivity index (χ4v) is 2.59. The molecule has 1 aliphatic rings. The molecule has 1 N–H and O–H groups in total. The Morgan fingerprint density at radius 1 is 1.32 bits per heavy atom. The van der Waals surface area contributed by atoms with Gasteiger partial charge in [-0.1, -0.05) is 13.0 Å². The Balaban J connectivity index is 2.20. The molecule has 0 saturated carbocycles. The molecule has 0 aromatic heterocycles. The largest absolute Gasteiger partial charge is 0.370 e. The second-order valence-corrected chi connectivity index (χ2v) is 5.75. The van der Waals surface area contributed by atoms with E-state index in [0.29, 0.717) is 12.3 Å². The van der Waals surface area contributed by atoms with Crippen LogP contribution in [0.3, 0.4) is 0 Å². The third-order valence-electron chi connectivity index (χ3n) is 3.92. The summed E-state index contributed by atoms with van der Waals surface area (Å²) in [6.07, 6.45) is 0.577. The topological polar surface area (TPSA) is 39.1 Å². The SMILES string of the molecule is Cc1ccc(N2CC(C)CNC(CC#N)C2)cc1C. The molecule has 0 aliphatic carbocycles. The van der Waals surface area contributed by atoms with Crippen LogP contribution in [0.25, 0.3) is 0 Å². The summed E-state index contributed by atoms with van der Waals surface area (Å²) in [6.45, 7) is 9.52. The second-order valence-electron chi connectivity index (χ2n) is 5.75. The summed E-state index contributed by atoms with van der Waals surface area (Å²) in [6, 6.07) is 9.20. The van der Waals surface area contributed by atoms with E-state index in [4.69, 9.17) is 5.26 Å². The van der Waals surface area contributed by atoms with Gasteiger partial charge in [0.1, 0.15) is 0 Å². The maximum absolute atomic E-state index is 8.91. The zero-order valence-corrected chi connectivity index (χ0v) is 12.1. The van der Waals surface area contributed by atoms with E-state index in [9.17, 15) is 0 Å². The number of hydrogen-bond donors (Lipinski definition) is 1. The summed E-state index contributed by atoms with van der Waals surface area (Å²) in [7, 11) is 0. The van der Waals surface area contributed by atoms with Crippen molar-refractivity contribution in [3.63, 3.8) is 0 Å². The predicted octanol–water partition coefficient (Wildman–Crippen LogP) is 2.63. The first kappa shape index (κ1) is 13.9. The van der Waals surface area contributed by atoms with E-state index in [1.54, 1.807) is 0 Å². The van der Waals surface area contributed by atoms with E-state index in [1.807, 2.05) is 0 Å². The molecule has 1 fully saturated rings. The van der Waals surface area contributed by atoms with Gasteiger partial charge in [0, 0.05) is 24.8 Å². The fourth-order valence-electron chi connectivity index (χ4n) is 2.59. The van der Waals surface area contributed by atoms with Gasteiger partial charge in [0.05, 0.1) is 12.5 Å². The van der Waals surface area contributed by atoms with Gasteiger partial charge in [-0.15, -0.1) is 0 Å². The molecule has 0 radical (unpaired) electrons. The molecule has 19 heavy (non-hydrogen) atoms. The number of nitrogens with one attached hydrogen (secondary N) is 1. The molecule has 1 aromatic carbocycles. The lowest BCUT2D eigenvalue weighted by molar-refractivity contribution is 0.509. The maximum Gasteiger partial charge on any atom is 0.0638 e. The lowest BCUT2D eigenvalue weighted by Crippen LogP contribution is -2.37. The van der Waals surface area contributed by atoms with Crippen molar-refractivity contribution in [3.05, 3.63) is 29.3 Å². The van der Waals surface area contributed by atoms with Gasteiger partial charge in [0.25, 0.3) is 0 Å². The quantitative estimate of drug-likeness (QED) is 0.885. The van der Waals surface area contributed by atoms with Crippen LogP contribution >= 0.6 is 0 Å². The molecular weight excluding hydrogens is 234 g/mol. The Kier molecular flexibility index (Phi) is 4.44. The van der Waals surface area contributed by atoms with Crippen molar-refractivity contribution in [2.75, 3.05) is 24.5 Å². The Hall–Kier alpha value is -1.53. The number of aryl methyl sites for hydroxylation is 2. The summed E-state index contributed by atoms with van der Waals surface area (Å²) in [4.78, 5) is 2.42. The van der Waals surface area contributed by atoms with Gasteiger partial charge in [0.15, 0.2) is 0 Å². The van der Waals surface area contributed by atoms with E-state index < -0.39 is 0 Å². The first-order valence-electron chi connectivity index (χ1n) is 7.02. The van der Waals surface area contributed by atoms with Crippen molar-refractivity contribution in [3.8, 4) is 6.07 Å². The summed E-state index contributed by atoms with van der Waals surface area (Å²) < 4.78 is 0. The summed E-state index contributed by atoms with van der Waals surface area (Å²) in [5.74, 6) is 0.602. The standard InChI is InChI=1S/C16H23N3/c1-12-9-18-15(6-7-17)11-19(10-12)16-5-4-13(2)14(3)8-16/h4-5,8,12,15,18H,6,9-11H2,1-3H3. The molecule has 1 saturated heterocycles. The van der Waals surface area contributed by atoms with E-state index >= 15 is 0 Å². The third kappa shape index (κ3) is 3.48. The van der Waals surface area contributed by atoms with Gasteiger partial charge < -0.3 is 10.2 Å². The van der Waals surface area contributed by atoms with Crippen LogP contribution in [0.15, 0.2) is 18.2 Å². The van der Waals surface area contributed by atoms with Crippen LogP contribution in [0.5, 0.6) is 0 Å². The van der Waals surface area contributed by atoms with Crippen LogP contribution in [0.4, 0.5) is 5.69 Å². The Morgan fingerprint density at radius 3 is 2.79 bits per heavy atom. The van der Waals surface area contributed by atoms with E-state index in [2.05, 4.69) is 55.3 Å². The van der Waals surface area contributed by atoms with Gasteiger partial charge in [-0.25, -0.2) is 0 Å². The number of hydrogen-bond acceptors (Lipinski definition) is 3. The monoisotopic (exact) mass is 257 g/mol. The Labute approximate surface area is 116 Å². The smallest absolute Gasteiger partial charge is 0.0638 e. The van der Waals surface area contributed by atoms with Crippen LogP contribution in [0, 0.1) is 31.1 Å². The van der Waals surface area contributed by atoms with Gasteiger partial charge in [-0.2, -0.15) is 5.26 Å². The molecule has 2 rings (SSSR count). The third-order valence-corrected chi connectivity index (χ3v) is 3.92. The molecule has 102 valence electrons. The van der Waals surface area contributed by atoms with Crippen molar-refractivity contribution in [2.45, 2.75) is 33.2 Å². The molecule has 3 nitrogen and oxygen atoms in total. The minimum atomic E-state index is 0.275. The minimum Gasteiger partial charge on any atom is -0.370 e. The van der Waals surface area contributed by atoms with Gasteiger partial charge in [-0.3, -0.25) is 0 Å². The molecular formula is C16H23N3. The van der Waals surface area contributed by atoms with Crippen molar-refractivity contribution >= 4 is 5.69 Å². The molecule has 0 bridgehead atoms. The van der Waals surface area contributed by atoms with E-state index in [0.717, 1.165) is 19.6 Å². The van der Waals surface area contributed by atoms with Crippen LogP contribution in [-0.2, 0) is 0 Å². The summed E-state index contributed by atoms with van der Waals surface area (Å²) in [5.41, 5.74) is 3.94. The molecule has 1 aliphatic heterocycles. The Morgan fingerprint density at radius 2 is 2.11 bits per heavy atom. The molecule has 1 aromatic rings. The number of rotatable bonds is 2. The van der Waals surface area contributed by atoms with E-state index in [1.165, 1.54) is 16.8 Å². The lowest BCUT2D eigenvalue weighted by atomic mass is 10.1. The molecule has 2 atom stereocenters. The summed E-state index contributed by atoms with van der Waals surface area (Å²) >= 11 is 0. The first-order valence-corrected chi connectivity index (χ1v) is 7.02.